The SMILES string of the molecule is CC(C)(C)CCC1CC(c2ccccc2)CCC1=O. The Balaban J connectivity index is 1.98. The summed E-state index contributed by atoms with van der Waals surface area (Å²) < 4.78 is 0. The van der Waals surface area contributed by atoms with E-state index in [0.29, 0.717) is 17.1 Å². The Bertz CT molecular complexity index is 413. The maximum atomic E-state index is 12.1. The van der Waals surface area contributed by atoms with Crippen molar-refractivity contribution in [3.05, 3.63) is 35.9 Å². The first-order chi connectivity index (χ1) is 8.96. The molecular weight excluding hydrogens is 232 g/mol. The summed E-state index contributed by atoms with van der Waals surface area (Å²) in [7, 11) is 0. The number of rotatable bonds is 3. The van der Waals surface area contributed by atoms with Crippen molar-refractivity contribution >= 4 is 5.78 Å². The van der Waals surface area contributed by atoms with Crippen molar-refractivity contribution in [2.75, 3.05) is 0 Å². The Morgan fingerprint density at radius 2 is 1.84 bits per heavy atom. The predicted molar refractivity (Wildman–Crippen MR) is 80.2 cm³/mol. The topological polar surface area (TPSA) is 17.1 Å². The zero-order valence-electron chi connectivity index (χ0n) is 12.5. The number of benzene rings is 1. The van der Waals surface area contributed by atoms with Gasteiger partial charge in [-0.05, 0) is 42.6 Å². The van der Waals surface area contributed by atoms with Crippen molar-refractivity contribution < 1.29 is 4.79 Å². The van der Waals surface area contributed by atoms with E-state index in [1.807, 2.05) is 0 Å². The third-order valence-corrected chi connectivity index (χ3v) is 4.28. The van der Waals surface area contributed by atoms with E-state index in [4.69, 9.17) is 0 Å². The smallest absolute Gasteiger partial charge is 0.136 e. The number of Topliss-reactive ketones (excluding diaryl/α,β-unsaturated/α-hetero) is 1. The maximum absolute atomic E-state index is 12.1. The predicted octanol–water partition coefficient (Wildman–Crippen LogP) is 4.97. The summed E-state index contributed by atoms with van der Waals surface area (Å²) in [6.45, 7) is 6.78. The second-order valence-corrected chi connectivity index (χ2v) is 7.14. The summed E-state index contributed by atoms with van der Waals surface area (Å²) in [6, 6.07) is 10.7. The van der Waals surface area contributed by atoms with Gasteiger partial charge in [0.25, 0.3) is 0 Å². The lowest BCUT2D eigenvalue weighted by Crippen LogP contribution is -2.25. The van der Waals surface area contributed by atoms with E-state index in [9.17, 15) is 4.79 Å². The number of carbonyl (C=O) groups excluding carboxylic acids is 1. The summed E-state index contributed by atoms with van der Waals surface area (Å²) in [5.74, 6) is 1.37. The minimum absolute atomic E-state index is 0.290. The van der Waals surface area contributed by atoms with Crippen LogP contribution in [-0.4, -0.2) is 5.78 Å². The standard InChI is InChI=1S/C18H26O/c1-18(2,3)12-11-16-13-15(9-10-17(16)19)14-7-5-4-6-8-14/h4-8,15-16H,9-13H2,1-3H3. The minimum atomic E-state index is 0.290. The normalized spacial score (nSPS) is 24.5. The van der Waals surface area contributed by atoms with E-state index in [1.165, 1.54) is 5.56 Å². The molecule has 1 heteroatoms. The van der Waals surface area contributed by atoms with E-state index >= 15 is 0 Å². The average molecular weight is 258 g/mol. The fourth-order valence-electron chi connectivity index (χ4n) is 3.03. The van der Waals surface area contributed by atoms with Crippen LogP contribution in [0.5, 0.6) is 0 Å². The molecule has 104 valence electrons. The van der Waals surface area contributed by atoms with Gasteiger partial charge >= 0.3 is 0 Å². The van der Waals surface area contributed by atoms with Crippen LogP contribution in [0.2, 0.25) is 0 Å². The fourth-order valence-corrected chi connectivity index (χ4v) is 3.03. The second-order valence-electron chi connectivity index (χ2n) is 7.14. The summed E-state index contributed by atoms with van der Waals surface area (Å²) in [4.78, 5) is 12.1. The summed E-state index contributed by atoms with van der Waals surface area (Å²) in [5, 5.41) is 0. The highest BCUT2D eigenvalue weighted by atomic mass is 16.1. The quantitative estimate of drug-likeness (QED) is 0.748. The lowest BCUT2D eigenvalue weighted by molar-refractivity contribution is -0.125. The molecule has 0 heterocycles. The third kappa shape index (κ3) is 4.19. The van der Waals surface area contributed by atoms with Crippen molar-refractivity contribution in [3.63, 3.8) is 0 Å². The van der Waals surface area contributed by atoms with Crippen LogP contribution in [0, 0.1) is 11.3 Å². The van der Waals surface area contributed by atoms with E-state index in [1.54, 1.807) is 0 Å². The maximum Gasteiger partial charge on any atom is 0.136 e. The largest absolute Gasteiger partial charge is 0.299 e. The van der Waals surface area contributed by atoms with Gasteiger partial charge < -0.3 is 0 Å². The molecule has 0 saturated heterocycles. The molecule has 2 rings (SSSR count). The molecule has 0 bridgehead atoms. The Hall–Kier alpha value is -1.11. The molecule has 19 heavy (non-hydrogen) atoms. The zero-order chi connectivity index (χ0) is 13.9. The van der Waals surface area contributed by atoms with Crippen LogP contribution in [0.3, 0.4) is 0 Å². The molecule has 0 amide bonds. The molecule has 1 nitrogen and oxygen atoms in total. The highest BCUT2D eigenvalue weighted by Crippen LogP contribution is 2.37. The van der Waals surface area contributed by atoms with Crippen LogP contribution in [-0.2, 0) is 4.79 Å². The van der Waals surface area contributed by atoms with E-state index in [-0.39, 0.29) is 5.92 Å². The molecule has 2 atom stereocenters. The van der Waals surface area contributed by atoms with Crippen molar-refractivity contribution in [2.45, 2.75) is 58.8 Å². The molecule has 1 aliphatic rings. The highest BCUT2D eigenvalue weighted by molar-refractivity contribution is 5.82. The first kappa shape index (κ1) is 14.3. The first-order valence-corrected chi connectivity index (χ1v) is 7.53. The lowest BCUT2D eigenvalue weighted by Gasteiger charge is -2.30. The molecular formula is C18H26O. The molecule has 0 N–H and O–H groups in total. The minimum Gasteiger partial charge on any atom is -0.299 e. The van der Waals surface area contributed by atoms with E-state index < -0.39 is 0 Å². The van der Waals surface area contributed by atoms with Crippen LogP contribution in [0.4, 0.5) is 0 Å². The second kappa shape index (κ2) is 5.90. The molecule has 0 aliphatic heterocycles. The van der Waals surface area contributed by atoms with Gasteiger partial charge in [-0.15, -0.1) is 0 Å². The molecule has 1 saturated carbocycles. The van der Waals surface area contributed by atoms with E-state index in [2.05, 4.69) is 51.1 Å². The monoisotopic (exact) mass is 258 g/mol. The average Bonchev–Trinajstić information content (AvgIpc) is 2.38. The fraction of sp³-hybridized carbons (Fsp3) is 0.611. The third-order valence-electron chi connectivity index (χ3n) is 4.28. The molecule has 1 aromatic rings. The summed E-state index contributed by atoms with van der Waals surface area (Å²) in [5.41, 5.74) is 1.75. The Morgan fingerprint density at radius 3 is 2.47 bits per heavy atom. The van der Waals surface area contributed by atoms with Gasteiger partial charge in [0.2, 0.25) is 0 Å². The van der Waals surface area contributed by atoms with Gasteiger partial charge in [-0.3, -0.25) is 4.79 Å². The van der Waals surface area contributed by atoms with Gasteiger partial charge in [-0.1, -0.05) is 51.1 Å². The van der Waals surface area contributed by atoms with Crippen molar-refractivity contribution in [3.8, 4) is 0 Å². The molecule has 2 unspecified atom stereocenters. The summed E-state index contributed by atoms with van der Waals surface area (Å²) >= 11 is 0. The van der Waals surface area contributed by atoms with Crippen LogP contribution in [0.25, 0.3) is 0 Å². The number of carbonyl (C=O) groups is 1. The van der Waals surface area contributed by atoms with Gasteiger partial charge in [0.05, 0.1) is 0 Å². The number of hydrogen-bond donors (Lipinski definition) is 0. The van der Waals surface area contributed by atoms with Gasteiger partial charge in [0.15, 0.2) is 0 Å². The molecule has 0 radical (unpaired) electrons. The molecule has 0 spiro atoms. The van der Waals surface area contributed by atoms with Crippen LogP contribution < -0.4 is 0 Å². The molecule has 1 fully saturated rings. The molecule has 1 aromatic carbocycles. The van der Waals surface area contributed by atoms with E-state index in [0.717, 1.165) is 32.1 Å². The highest BCUT2D eigenvalue weighted by Gasteiger charge is 2.30. The molecule has 0 aromatic heterocycles. The number of ketones is 1. The van der Waals surface area contributed by atoms with Crippen LogP contribution >= 0.6 is 0 Å². The van der Waals surface area contributed by atoms with Crippen molar-refractivity contribution in [2.24, 2.45) is 11.3 Å². The van der Waals surface area contributed by atoms with Crippen molar-refractivity contribution in [1.29, 1.82) is 0 Å². The summed E-state index contributed by atoms with van der Waals surface area (Å²) in [6.07, 6.45) is 5.07. The van der Waals surface area contributed by atoms with Gasteiger partial charge in [-0.25, -0.2) is 0 Å². The molecule has 1 aliphatic carbocycles. The van der Waals surface area contributed by atoms with Gasteiger partial charge in [0, 0.05) is 12.3 Å². The van der Waals surface area contributed by atoms with Crippen LogP contribution in [0.1, 0.15) is 64.4 Å². The Morgan fingerprint density at radius 1 is 1.16 bits per heavy atom. The first-order valence-electron chi connectivity index (χ1n) is 7.53. The Labute approximate surface area is 117 Å². The van der Waals surface area contributed by atoms with Crippen molar-refractivity contribution in [1.82, 2.24) is 0 Å². The lowest BCUT2D eigenvalue weighted by atomic mass is 9.74. The van der Waals surface area contributed by atoms with Crippen LogP contribution in [0.15, 0.2) is 30.3 Å². The number of hydrogen-bond acceptors (Lipinski definition) is 1. The van der Waals surface area contributed by atoms with Gasteiger partial charge in [-0.2, -0.15) is 0 Å². The zero-order valence-corrected chi connectivity index (χ0v) is 12.5. The Kier molecular flexibility index (Phi) is 4.44. The van der Waals surface area contributed by atoms with Gasteiger partial charge in [0.1, 0.15) is 5.78 Å².